The van der Waals surface area contributed by atoms with Gasteiger partial charge in [-0.3, -0.25) is 25.8 Å². The normalized spacial score (nSPS) is 17.8. The SMILES string of the molecule is CN(CCCC1CC(c2cccc(F)c2)NN1)C(=O)c1ccn(-c2ccc([N+](=O)[O-])cc2)n1. The highest BCUT2D eigenvalue weighted by Gasteiger charge is 2.25. The second-order valence-corrected chi connectivity index (χ2v) is 8.12. The number of carbonyl (C=O) groups excluding carboxylic acids is 1. The minimum Gasteiger partial charge on any atom is -0.340 e. The molecule has 0 spiro atoms. The quantitative estimate of drug-likeness (QED) is 0.401. The molecular weight excluding hydrogens is 427 g/mol. The minimum absolute atomic E-state index is 0.00357. The maximum atomic E-state index is 13.5. The third kappa shape index (κ3) is 5.41. The average molecular weight is 452 g/mol. The summed E-state index contributed by atoms with van der Waals surface area (Å²) in [6, 6.07) is 14.5. The predicted molar refractivity (Wildman–Crippen MR) is 120 cm³/mol. The molecule has 2 aromatic carbocycles. The number of aromatic nitrogens is 2. The van der Waals surface area contributed by atoms with Gasteiger partial charge in [0.15, 0.2) is 5.69 Å². The van der Waals surface area contributed by atoms with Crippen LogP contribution in [0.1, 0.15) is 41.4 Å². The van der Waals surface area contributed by atoms with Gasteiger partial charge in [-0.15, -0.1) is 0 Å². The van der Waals surface area contributed by atoms with Crippen molar-refractivity contribution in [1.82, 2.24) is 25.5 Å². The van der Waals surface area contributed by atoms with Crippen molar-refractivity contribution in [3.05, 3.63) is 88.0 Å². The van der Waals surface area contributed by atoms with Crippen LogP contribution in [0.3, 0.4) is 0 Å². The second kappa shape index (κ2) is 9.88. The molecule has 0 bridgehead atoms. The fraction of sp³-hybridized carbons (Fsp3) is 0.304. The number of hydrazine groups is 1. The van der Waals surface area contributed by atoms with E-state index in [4.69, 9.17) is 0 Å². The summed E-state index contributed by atoms with van der Waals surface area (Å²) in [6.45, 7) is 0.575. The van der Waals surface area contributed by atoms with Gasteiger partial charge >= 0.3 is 0 Å². The first-order valence-corrected chi connectivity index (χ1v) is 10.7. The maximum absolute atomic E-state index is 13.5. The molecule has 1 amide bonds. The van der Waals surface area contributed by atoms with E-state index in [1.165, 1.54) is 22.9 Å². The summed E-state index contributed by atoms with van der Waals surface area (Å²) in [5, 5.41) is 15.1. The van der Waals surface area contributed by atoms with Gasteiger partial charge in [0.1, 0.15) is 5.82 Å². The Labute approximate surface area is 190 Å². The summed E-state index contributed by atoms with van der Waals surface area (Å²) in [5.74, 6) is -0.431. The molecule has 1 aromatic heterocycles. The molecule has 10 heteroatoms. The Morgan fingerprint density at radius 1 is 1.24 bits per heavy atom. The standard InChI is InChI=1S/C23H25FN6O3/c1-28(12-3-6-18-15-22(26-25-18)16-4-2-5-17(24)14-16)23(31)21-11-13-29(27-21)19-7-9-20(10-8-19)30(32)33/h2,4-5,7-11,13-14,18,22,25-26H,3,6,12,15H2,1H3. The number of carbonyl (C=O) groups is 1. The Morgan fingerprint density at radius 3 is 2.76 bits per heavy atom. The average Bonchev–Trinajstić information content (AvgIpc) is 3.49. The van der Waals surface area contributed by atoms with Crippen LogP contribution in [0.25, 0.3) is 5.69 Å². The van der Waals surface area contributed by atoms with Gasteiger partial charge in [-0.1, -0.05) is 12.1 Å². The fourth-order valence-corrected chi connectivity index (χ4v) is 3.93. The van der Waals surface area contributed by atoms with Gasteiger partial charge in [-0.2, -0.15) is 5.10 Å². The lowest BCUT2D eigenvalue weighted by Gasteiger charge is -2.17. The third-order valence-electron chi connectivity index (χ3n) is 5.76. The van der Waals surface area contributed by atoms with Crippen LogP contribution in [0, 0.1) is 15.9 Å². The molecule has 2 N–H and O–H groups in total. The number of amides is 1. The molecule has 2 unspecified atom stereocenters. The van der Waals surface area contributed by atoms with Crippen molar-refractivity contribution in [3.63, 3.8) is 0 Å². The molecule has 1 fully saturated rings. The molecule has 0 radical (unpaired) electrons. The molecule has 4 rings (SSSR count). The minimum atomic E-state index is -0.463. The molecule has 1 saturated heterocycles. The Hall–Kier alpha value is -3.63. The summed E-state index contributed by atoms with van der Waals surface area (Å²) in [4.78, 5) is 24.7. The van der Waals surface area contributed by atoms with Gasteiger partial charge < -0.3 is 4.90 Å². The fourth-order valence-electron chi connectivity index (χ4n) is 3.93. The first kappa shape index (κ1) is 22.6. The van der Waals surface area contributed by atoms with Gasteiger partial charge in [0, 0.05) is 44.0 Å². The van der Waals surface area contributed by atoms with Gasteiger partial charge in [0.2, 0.25) is 0 Å². The van der Waals surface area contributed by atoms with Gasteiger partial charge in [-0.25, -0.2) is 9.07 Å². The molecule has 9 nitrogen and oxygen atoms in total. The number of nitrogens with one attached hydrogen (secondary N) is 2. The molecule has 33 heavy (non-hydrogen) atoms. The van der Waals surface area contributed by atoms with E-state index in [9.17, 15) is 19.3 Å². The monoisotopic (exact) mass is 452 g/mol. The molecule has 2 heterocycles. The van der Waals surface area contributed by atoms with Crippen LogP contribution in [0.15, 0.2) is 60.8 Å². The van der Waals surface area contributed by atoms with E-state index in [0.717, 1.165) is 24.8 Å². The van der Waals surface area contributed by atoms with Crippen molar-refractivity contribution in [2.75, 3.05) is 13.6 Å². The summed E-state index contributed by atoms with van der Waals surface area (Å²) < 4.78 is 15.0. The molecular formula is C23H25FN6O3. The Morgan fingerprint density at radius 2 is 2.03 bits per heavy atom. The zero-order valence-corrected chi connectivity index (χ0v) is 18.1. The second-order valence-electron chi connectivity index (χ2n) is 8.12. The first-order valence-electron chi connectivity index (χ1n) is 10.7. The van der Waals surface area contributed by atoms with Crippen molar-refractivity contribution in [3.8, 4) is 5.69 Å². The number of nitrogens with zero attached hydrogens (tertiary/aromatic N) is 4. The van der Waals surface area contributed by atoms with Crippen molar-refractivity contribution >= 4 is 11.6 Å². The topological polar surface area (TPSA) is 105 Å². The summed E-state index contributed by atoms with van der Waals surface area (Å²) in [5.41, 5.74) is 8.33. The summed E-state index contributed by atoms with van der Waals surface area (Å²) in [7, 11) is 1.74. The highest BCUT2D eigenvalue weighted by molar-refractivity contribution is 5.92. The van der Waals surface area contributed by atoms with E-state index in [2.05, 4.69) is 16.0 Å². The van der Waals surface area contributed by atoms with E-state index >= 15 is 0 Å². The Balaban J connectivity index is 1.26. The van der Waals surface area contributed by atoms with Crippen molar-refractivity contribution in [2.24, 2.45) is 0 Å². The van der Waals surface area contributed by atoms with E-state index in [0.29, 0.717) is 17.9 Å². The first-order chi connectivity index (χ1) is 15.9. The molecule has 2 atom stereocenters. The zero-order chi connectivity index (χ0) is 23.4. The lowest BCUT2D eigenvalue weighted by atomic mass is 9.99. The molecule has 172 valence electrons. The summed E-state index contributed by atoms with van der Waals surface area (Å²) >= 11 is 0. The van der Waals surface area contributed by atoms with Crippen LogP contribution in [-0.4, -0.2) is 45.1 Å². The zero-order valence-electron chi connectivity index (χ0n) is 18.1. The Kier molecular flexibility index (Phi) is 6.76. The lowest BCUT2D eigenvalue weighted by Crippen LogP contribution is -2.32. The number of rotatable bonds is 8. The largest absolute Gasteiger partial charge is 0.340 e. The van der Waals surface area contributed by atoms with Crippen LogP contribution in [-0.2, 0) is 0 Å². The number of benzene rings is 2. The van der Waals surface area contributed by atoms with Crippen molar-refractivity contribution < 1.29 is 14.1 Å². The van der Waals surface area contributed by atoms with Crippen LogP contribution in [0.2, 0.25) is 0 Å². The van der Waals surface area contributed by atoms with Crippen LogP contribution < -0.4 is 10.9 Å². The molecule has 1 aliphatic heterocycles. The lowest BCUT2D eigenvalue weighted by molar-refractivity contribution is -0.384. The molecule has 0 saturated carbocycles. The number of nitro groups is 1. The summed E-state index contributed by atoms with van der Waals surface area (Å²) in [6.07, 6.45) is 4.18. The molecule has 0 aliphatic carbocycles. The van der Waals surface area contributed by atoms with Gasteiger partial charge in [0.05, 0.1) is 10.6 Å². The van der Waals surface area contributed by atoms with Crippen LogP contribution in [0.4, 0.5) is 10.1 Å². The highest BCUT2D eigenvalue weighted by atomic mass is 19.1. The van der Waals surface area contributed by atoms with Gasteiger partial charge in [0.25, 0.3) is 11.6 Å². The molecule has 1 aliphatic rings. The highest BCUT2D eigenvalue weighted by Crippen LogP contribution is 2.24. The number of nitro benzene ring substituents is 1. The van der Waals surface area contributed by atoms with E-state index < -0.39 is 4.92 Å². The number of hydrogen-bond acceptors (Lipinski definition) is 6. The van der Waals surface area contributed by atoms with E-state index in [-0.39, 0.29) is 29.5 Å². The van der Waals surface area contributed by atoms with Crippen LogP contribution >= 0.6 is 0 Å². The smallest absolute Gasteiger partial charge is 0.274 e. The van der Waals surface area contributed by atoms with Crippen LogP contribution in [0.5, 0.6) is 0 Å². The van der Waals surface area contributed by atoms with Crippen molar-refractivity contribution in [2.45, 2.75) is 31.3 Å². The molecule has 3 aromatic rings. The van der Waals surface area contributed by atoms with Gasteiger partial charge in [-0.05, 0) is 55.2 Å². The predicted octanol–water partition coefficient (Wildman–Crippen LogP) is 3.38. The Bertz CT molecular complexity index is 1130. The third-order valence-corrected chi connectivity index (χ3v) is 5.76. The van der Waals surface area contributed by atoms with E-state index in [1.54, 1.807) is 48.5 Å². The maximum Gasteiger partial charge on any atom is 0.274 e. The van der Waals surface area contributed by atoms with Crippen molar-refractivity contribution in [1.29, 1.82) is 0 Å². The number of halogens is 1. The number of hydrogen-bond donors (Lipinski definition) is 2. The number of non-ortho nitro benzene ring substituents is 1. The van der Waals surface area contributed by atoms with E-state index in [1.807, 2.05) is 6.07 Å².